The normalized spacial score (nSPS) is 10.9. The molecule has 0 saturated carbocycles. The fourth-order valence-electron chi connectivity index (χ4n) is 2.06. The van der Waals surface area contributed by atoms with Gasteiger partial charge in [-0.15, -0.1) is 0 Å². The lowest BCUT2D eigenvalue weighted by Crippen LogP contribution is -1.96. The maximum Gasteiger partial charge on any atom is 0.150 e. The molecule has 2 aromatic heterocycles. The summed E-state index contributed by atoms with van der Waals surface area (Å²) in [5, 5.41) is 0.927. The quantitative estimate of drug-likeness (QED) is 0.690. The standard InChI is InChI=1S/C13H12N4/c1-9-7-17(10-5-3-2-4-6-10)13-11(9)12(14)15-8-16-13/h2-8H,1H3,(H2,14,15,16). The van der Waals surface area contributed by atoms with Crippen molar-refractivity contribution in [3.8, 4) is 5.69 Å². The molecule has 0 unspecified atom stereocenters. The van der Waals surface area contributed by atoms with Crippen LogP contribution in [0.2, 0.25) is 0 Å². The minimum absolute atomic E-state index is 0.530. The molecule has 4 nitrogen and oxygen atoms in total. The molecule has 0 aliphatic rings. The Morgan fingerprint density at radius 2 is 1.88 bits per heavy atom. The fraction of sp³-hybridized carbons (Fsp3) is 0.0769. The second-order valence-electron chi connectivity index (χ2n) is 3.98. The van der Waals surface area contributed by atoms with E-state index in [1.54, 1.807) is 0 Å². The van der Waals surface area contributed by atoms with Crippen LogP contribution < -0.4 is 5.73 Å². The van der Waals surface area contributed by atoms with Gasteiger partial charge in [0, 0.05) is 11.9 Å². The van der Waals surface area contributed by atoms with Crippen LogP contribution in [0.25, 0.3) is 16.7 Å². The van der Waals surface area contributed by atoms with Crippen molar-refractivity contribution in [2.75, 3.05) is 5.73 Å². The van der Waals surface area contributed by atoms with Crippen LogP contribution in [0.15, 0.2) is 42.9 Å². The molecule has 0 radical (unpaired) electrons. The predicted molar refractivity (Wildman–Crippen MR) is 68.0 cm³/mol. The molecule has 84 valence electrons. The van der Waals surface area contributed by atoms with Crippen molar-refractivity contribution < 1.29 is 0 Å². The first-order chi connectivity index (χ1) is 8.27. The zero-order valence-corrected chi connectivity index (χ0v) is 9.46. The van der Waals surface area contributed by atoms with Gasteiger partial charge in [0.1, 0.15) is 17.8 Å². The average molecular weight is 224 g/mol. The number of nitrogen functional groups attached to an aromatic ring is 1. The molecule has 0 spiro atoms. The number of anilines is 1. The minimum Gasteiger partial charge on any atom is -0.383 e. The van der Waals surface area contributed by atoms with Crippen LogP contribution >= 0.6 is 0 Å². The van der Waals surface area contributed by atoms with Gasteiger partial charge in [0.2, 0.25) is 0 Å². The van der Waals surface area contributed by atoms with Crippen molar-refractivity contribution in [3.63, 3.8) is 0 Å². The second-order valence-corrected chi connectivity index (χ2v) is 3.98. The lowest BCUT2D eigenvalue weighted by molar-refractivity contribution is 1.07. The Hall–Kier alpha value is -2.36. The predicted octanol–water partition coefficient (Wildman–Crippen LogP) is 2.31. The summed E-state index contributed by atoms with van der Waals surface area (Å²) >= 11 is 0. The number of nitrogens with two attached hydrogens (primary N) is 1. The Balaban J connectivity index is 2.36. The fourth-order valence-corrected chi connectivity index (χ4v) is 2.06. The molecule has 1 aromatic carbocycles. The molecule has 4 heteroatoms. The summed E-state index contributed by atoms with van der Waals surface area (Å²) in [4.78, 5) is 8.34. The molecular weight excluding hydrogens is 212 g/mol. The van der Waals surface area contributed by atoms with Gasteiger partial charge < -0.3 is 10.3 Å². The number of hydrogen-bond donors (Lipinski definition) is 1. The van der Waals surface area contributed by atoms with Crippen LogP contribution in [0.1, 0.15) is 5.56 Å². The Labute approximate surface area is 98.7 Å². The molecule has 0 aliphatic heterocycles. The van der Waals surface area contributed by atoms with Gasteiger partial charge in [-0.1, -0.05) is 18.2 Å². The van der Waals surface area contributed by atoms with E-state index in [0.29, 0.717) is 5.82 Å². The molecule has 17 heavy (non-hydrogen) atoms. The third-order valence-corrected chi connectivity index (χ3v) is 2.84. The SMILES string of the molecule is Cc1cn(-c2ccccc2)c2ncnc(N)c12. The van der Waals surface area contributed by atoms with Crippen LogP contribution in [-0.4, -0.2) is 14.5 Å². The van der Waals surface area contributed by atoms with E-state index in [1.807, 2.05) is 48.0 Å². The minimum atomic E-state index is 0.530. The van der Waals surface area contributed by atoms with E-state index in [0.717, 1.165) is 22.3 Å². The Morgan fingerprint density at radius 3 is 2.65 bits per heavy atom. The first-order valence-electron chi connectivity index (χ1n) is 5.41. The van der Waals surface area contributed by atoms with Gasteiger partial charge in [0.05, 0.1) is 5.39 Å². The summed E-state index contributed by atoms with van der Waals surface area (Å²) in [7, 11) is 0. The molecule has 0 saturated heterocycles. The summed E-state index contributed by atoms with van der Waals surface area (Å²) in [5.41, 5.74) is 8.89. The van der Waals surface area contributed by atoms with Crippen molar-refractivity contribution in [2.24, 2.45) is 0 Å². The van der Waals surface area contributed by atoms with E-state index in [9.17, 15) is 0 Å². The molecular formula is C13H12N4. The Kier molecular flexibility index (Phi) is 2.08. The third-order valence-electron chi connectivity index (χ3n) is 2.84. The zero-order chi connectivity index (χ0) is 11.8. The van der Waals surface area contributed by atoms with Gasteiger partial charge >= 0.3 is 0 Å². The van der Waals surface area contributed by atoms with Crippen LogP contribution in [0.3, 0.4) is 0 Å². The van der Waals surface area contributed by atoms with E-state index in [2.05, 4.69) is 9.97 Å². The molecule has 0 bridgehead atoms. The van der Waals surface area contributed by atoms with Crippen LogP contribution in [0.5, 0.6) is 0 Å². The highest BCUT2D eigenvalue weighted by Gasteiger charge is 2.10. The van der Waals surface area contributed by atoms with E-state index in [-0.39, 0.29) is 0 Å². The molecule has 2 heterocycles. The van der Waals surface area contributed by atoms with Crippen molar-refractivity contribution in [3.05, 3.63) is 48.4 Å². The van der Waals surface area contributed by atoms with Crippen LogP contribution in [0.4, 0.5) is 5.82 Å². The Bertz CT molecular complexity index is 670. The number of aryl methyl sites for hydroxylation is 1. The van der Waals surface area contributed by atoms with Crippen molar-refractivity contribution >= 4 is 16.9 Å². The second kappa shape index (κ2) is 3.59. The molecule has 3 rings (SSSR count). The first-order valence-corrected chi connectivity index (χ1v) is 5.41. The molecule has 2 N–H and O–H groups in total. The summed E-state index contributed by atoms with van der Waals surface area (Å²) < 4.78 is 2.03. The summed E-state index contributed by atoms with van der Waals surface area (Å²) in [6.07, 6.45) is 3.53. The first kappa shape index (κ1) is 9.84. The van der Waals surface area contributed by atoms with E-state index < -0.39 is 0 Å². The highest BCUT2D eigenvalue weighted by molar-refractivity contribution is 5.90. The number of fused-ring (bicyclic) bond motifs is 1. The van der Waals surface area contributed by atoms with Gasteiger partial charge in [-0.2, -0.15) is 0 Å². The summed E-state index contributed by atoms with van der Waals surface area (Å²) in [5.74, 6) is 0.530. The average Bonchev–Trinajstić information content (AvgIpc) is 2.69. The van der Waals surface area contributed by atoms with Gasteiger partial charge in [-0.05, 0) is 24.6 Å². The molecule has 0 aliphatic carbocycles. The maximum absolute atomic E-state index is 5.88. The topological polar surface area (TPSA) is 56.7 Å². The number of para-hydroxylation sites is 1. The molecule has 3 aromatic rings. The number of rotatable bonds is 1. The lowest BCUT2D eigenvalue weighted by atomic mass is 10.2. The van der Waals surface area contributed by atoms with Crippen LogP contribution in [-0.2, 0) is 0 Å². The highest BCUT2D eigenvalue weighted by Crippen LogP contribution is 2.25. The lowest BCUT2D eigenvalue weighted by Gasteiger charge is -2.03. The van der Waals surface area contributed by atoms with Gasteiger partial charge in [0.25, 0.3) is 0 Å². The highest BCUT2D eigenvalue weighted by atomic mass is 15.1. The van der Waals surface area contributed by atoms with Crippen molar-refractivity contribution in [1.29, 1.82) is 0 Å². The largest absolute Gasteiger partial charge is 0.383 e. The monoisotopic (exact) mass is 224 g/mol. The van der Waals surface area contributed by atoms with E-state index in [4.69, 9.17) is 5.73 Å². The van der Waals surface area contributed by atoms with Crippen molar-refractivity contribution in [2.45, 2.75) is 6.92 Å². The zero-order valence-electron chi connectivity index (χ0n) is 9.46. The smallest absolute Gasteiger partial charge is 0.150 e. The number of benzene rings is 1. The summed E-state index contributed by atoms with van der Waals surface area (Å²) in [6, 6.07) is 10.1. The summed E-state index contributed by atoms with van der Waals surface area (Å²) in [6.45, 7) is 2.02. The Morgan fingerprint density at radius 1 is 1.12 bits per heavy atom. The van der Waals surface area contributed by atoms with Gasteiger partial charge in [0.15, 0.2) is 0 Å². The maximum atomic E-state index is 5.88. The molecule has 0 atom stereocenters. The molecule has 0 fully saturated rings. The third kappa shape index (κ3) is 1.45. The van der Waals surface area contributed by atoms with E-state index >= 15 is 0 Å². The molecule has 0 amide bonds. The van der Waals surface area contributed by atoms with E-state index in [1.165, 1.54) is 6.33 Å². The number of hydrogen-bond acceptors (Lipinski definition) is 3. The van der Waals surface area contributed by atoms with Crippen LogP contribution in [0, 0.1) is 6.92 Å². The van der Waals surface area contributed by atoms with Gasteiger partial charge in [-0.3, -0.25) is 0 Å². The number of aromatic nitrogens is 3. The van der Waals surface area contributed by atoms with Gasteiger partial charge in [-0.25, -0.2) is 9.97 Å². The van der Waals surface area contributed by atoms with Crippen molar-refractivity contribution in [1.82, 2.24) is 14.5 Å². The number of nitrogens with zero attached hydrogens (tertiary/aromatic N) is 3.